The van der Waals surface area contributed by atoms with Crippen LogP contribution in [0.4, 0.5) is 8.78 Å². The van der Waals surface area contributed by atoms with Gasteiger partial charge in [-0.25, -0.2) is 13.8 Å². The van der Waals surface area contributed by atoms with Gasteiger partial charge in [-0.05, 0) is 86.5 Å². The molecule has 6 nitrogen and oxygen atoms in total. The number of benzene rings is 3. The van der Waals surface area contributed by atoms with E-state index in [9.17, 15) is 13.6 Å². The molecule has 2 aliphatic heterocycles. The van der Waals surface area contributed by atoms with Crippen LogP contribution in [-0.2, 0) is 4.79 Å². The van der Waals surface area contributed by atoms with Gasteiger partial charge in [0.15, 0.2) is 5.58 Å². The molecule has 2 aliphatic rings. The molecule has 198 valence electrons. The molecule has 0 saturated carbocycles. The first-order valence-electron chi connectivity index (χ1n) is 13.1. The Labute approximate surface area is 225 Å². The first kappa shape index (κ1) is 25.0. The fourth-order valence-electron chi connectivity index (χ4n) is 5.33. The van der Waals surface area contributed by atoms with E-state index in [1.807, 2.05) is 28.0 Å². The van der Waals surface area contributed by atoms with E-state index in [4.69, 9.17) is 9.52 Å². The summed E-state index contributed by atoms with van der Waals surface area (Å²) in [5.74, 6) is 0.183. The fraction of sp³-hybridized carbons (Fsp3) is 0.258. The Morgan fingerprint density at radius 3 is 2.31 bits per heavy atom. The van der Waals surface area contributed by atoms with Crippen molar-refractivity contribution in [3.8, 4) is 0 Å². The molecular formula is C31H28F2N4O2. The minimum Gasteiger partial charge on any atom is -0.356 e. The smallest absolute Gasteiger partial charge is 0.242 e. The molecule has 8 heteroatoms. The van der Waals surface area contributed by atoms with E-state index in [-0.39, 0.29) is 30.0 Å². The van der Waals surface area contributed by atoms with Crippen molar-refractivity contribution in [3.05, 3.63) is 107 Å². The maximum Gasteiger partial charge on any atom is 0.242 e. The van der Waals surface area contributed by atoms with E-state index < -0.39 is 0 Å². The molecule has 1 amide bonds. The minimum absolute atomic E-state index is 0.0164. The zero-order chi connectivity index (χ0) is 26.9. The second kappa shape index (κ2) is 10.4. The average molecular weight is 527 g/mol. The Bertz CT molecular complexity index is 1570. The first-order chi connectivity index (χ1) is 18.9. The number of nitrogens with zero attached hydrogens (tertiary/aromatic N) is 4. The molecule has 0 N–H and O–H groups in total. The molecule has 1 saturated heterocycles. The van der Waals surface area contributed by atoms with Gasteiger partial charge in [0, 0.05) is 42.1 Å². The second-order valence-electron chi connectivity index (χ2n) is 10.1. The number of aryl methyl sites for hydroxylation is 1. The topological polar surface area (TPSA) is 61.9 Å². The Kier molecular flexibility index (Phi) is 6.69. The Morgan fingerprint density at radius 1 is 0.949 bits per heavy atom. The van der Waals surface area contributed by atoms with Gasteiger partial charge < -0.3 is 14.3 Å². The largest absolute Gasteiger partial charge is 0.356 e. The van der Waals surface area contributed by atoms with Crippen LogP contribution in [0.3, 0.4) is 0 Å². The molecule has 4 aromatic rings. The van der Waals surface area contributed by atoms with Crippen LogP contribution in [0.25, 0.3) is 16.7 Å². The Morgan fingerprint density at radius 2 is 1.62 bits per heavy atom. The Hall–Kier alpha value is -4.33. The quantitative estimate of drug-likeness (QED) is 0.324. The summed E-state index contributed by atoms with van der Waals surface area (Å²) in [5.41, 5.74) is 5.11. The normalized spacial score (nSPS) is 16.4. The molecule has 0 atom stereocenters. The molecule has 3 aromatic carbocycles. The van der Waals surface area contributed by atoms with Crippen LogP contribution in [0.15, 0.2) is 82.3 Å². The van der Waals surface area contributed by atoms with Crippen molar-refractivity contribution in [3.63, 3.8) is 0 Å². The van der Waals surface area contributed by atoms with E-state index >= 15 is 0 Å². The summed E-state index contributed by atoms with van der Waals surface area (Å²) in [7, 11) is 0. The highest BCUT2D eigenvalue weighted by atomic mass is 19.1. The lowest BCUT2D eigenvalue weighted by Crippen LogP contribution is -2.46. The molecule has 39 heavy (non-hydrogen) atoms. The summed E-state index contributed by atoms with van der Waals surface area (Å²) in [5, 5.41) is 5.41. The Balaban J connectivity index is 1.17. The lowest BCUT2D eigenvalue weighted by molar-refractivity contribution is -0.132. The van der Waals surface area contributed by atoms with Gasteiger partial charge in [-0.3, -0.25) is 4.79 Å². The predicted octanol–water partition coefficient (Wildman–Crippen LogP) is 5.92. The van der Waals surface area contributed by atoms with Crippen LogP contribution in [0.5, 0.6) is 0 Å². The molecule has 0 radical (unpaired) electrons. The number of carbonyl (C=O) groups excluding carboxylic acids is 1. The van der Waals surface area contributed by atoms with Crippen LogP contribution in [0.2, 0.25) is 0 Å². The number of halogens is 2. The van der Waals surface area contributed by atoms with Crippen molar-refractivity contribution >= 4 is 28.4 Å². The average Bonchev–Trinajstić information content (AvgIpc) is 3.37. The van der Waals surface area contributed by atoms with Gasteiger partial charge in [-0.1, -0.05) is 16.8 Å². The van der Waals surface area contributed by atoms with Crippen molar-refractivity contribution < 1.29 is 18.1 Å². The van der Waals surface area contributed by atoms with Gasteiger partial charge in [-0.2, -0.15) is 0 Å². The maximum atomic E-state index is 13.7. The van der Waals surface area contributed by atoms with Crippen molar-refractivity contribution in [1.82, 2.24) is 15.0 Å². The van der Waals surface area contributed by atoms with E-state index in [1.54, 1.807) is 24.3 Å². The van der Waals surface area contributed by atoms with Gasteiger partial charge in [0.25, 0.3) is 0 Å². The third-order valence-electron chi connectivity index (χ3n) is 7.49. The summed E-state index contributed by atoms with van der Waals surface area (Å²) in [6.45, 7) is 3.93. The molecule has 0 unspecified atom stereocenters. The summed E-state index contributed by atoms with van der Waals surface area (Å²) in [6, 6.07) is 18.3. The number of fused-ring (bicyclic) bond motifs is 1. The SMILES string of the molecule is Cc1ccc2onc(C3CCN(C(=O)CN4CC=C(c5ccc(F)cc5)N=C4c4ccc(F)cc4)CC3)c2c1. The number of carbonyl (C=O) groups is 1. The highest BCUT2D eigenvalue weighted by Crippen LogP contribution is 2.33. The monoisotopic (exact) mass is 526 g/mol. The highest BCUT2D eigenvalue weighted by Gasteiger charge is 2.29. The van der Waals surface area contributed by atoms with Crippen LogP contribution in [0, 0.1) is 18.6 Å². The minimum atomic E-state index is -0.343. The third-order valence-corrected chi connectivity index (χ3v) is 7.49. The number of rotatable bonds is 5. The van der Waals surface area contributed by atoms with Crippen molar-refractivity contribution in [2.75, 3.05) is 26.2 Å². The second-order valence-corrected chi connectivity index (χ2v) is 10.1. The zero-order valence-electron chi connectivity index (χ0n) is 21.6. The van der Waals surface area contributed by atoms with Crippen LogP contribution < -0.4 is 0 Å². The van der Waals surface area contributed by atoms with Gasteiger partial charge in [0.2, 0.25) is 5.91 Å². The number of hydrogen-bond donors (Lipinski definition) is 0. The van der Waals surface area contributed by atoms with Gasteiger partial charge in [0.1, 0.15) is 17.5 Å². The molecular weight excluding hydrogens is 498 g/mol. The van der Waals surface area contributed by atoms with Crippen molar-refractivity contribution in [2.45, 2.75) is 25.7 Å². The molecule has 0 spiro atoms. The summed E-state index contributed by atoms with van der Waals surface area (Å²) in [6.07, 6.45) is 3.56. The van der Waals surface area contributed by atoms with Gasteiger partial charge in [-0.15, -0.1) is 0 Å². The fourth-order valence-corrected chi connectivity index (χ4v) is 5.33. The summed E-state index contributed by atoms with van der Waals surface area (Å²) in [4.78, 5) is 22.0. The van der Waals surface area contributed by atoms with Crippen LogP contribution >= 0.6 is 0 Å². The molecule has 6 rings (SSSR count). The number of piperidine rings is 1. The standard InChI is InChI=1S/C31H28F2N4O2/c1-20-2-11-28-26(18-20)30(35-39-28)22-12-15-36(16-13-22)29(38)19-37-17-14-27(21-3-7-24(32)8-4-21)34-31(37)23-5-9-25(33)10-6-23/h2-11,14,18,22H,12-13,15-17,19H2,1H3. The van der Waals surface area contributed by atoms with E-state index in [0.717, 1.165) is 40.6 Å². The lowest BCUT2D eigenvalue weighted by Gasteiger charge is -2.34. The third kappa shape index (κ3) is 5.19. The van der Waals surface area contributed by atoms with Crippen molar-refractivity contribution in [2.24, 2.45) is 4.99 Å². The number of aromatic nitrogens is 1. The van der Waals surface area contributed by atoms with Crippen LogP contribution in [-0.4, -0.2) is 52.9 Å². The summed E-state index contributed by atoms with van der Waals surface area (Å²) < 4.78 is 32.6. The number of amides is 1. The first-order valence-corrected chi connectivity index (χ1v) is 13.1. The lowest BCUT2D eigenvalue weighted by atomic mass is 9.91. The highest BCUT2D eigenvalue weighted by molar-refractivity contribution is 6.04. The molecule has 1 aromatic heterocycles. The molecule has 3 heterocycles. The molecule has 1 fully saturated rings. The van der Waals surface area contributed by atoms with E-state index in [1.165, 1.54) is 24.3 Å². The van der Waals surface area contributed by atoms with E-state index in [2.05, 4.69) is 18.1 Å². The van der Waals surface area contributed by atoms with Crippen LogP contribution in [0.1, 0.15) is 41.1 Å². The number of aliphatic imine (C=N–C) groups is 1. The zero-order valence-corrected chi connectivity index (χ0v) is 21.6. The van der Waals surface area contributed by atoms with Crippen molar-refractivity contribution in [1.29, 1.82) is 0 Å². The molecule has 0 aliphatic carbocycles. The number of hydrogen-bond acceptors (Lipinski definition) is 5. The molecule has 0 bridgehead atoms. The summed E-state index contributed by atoms with van der Waals surface area (Å²) >= 11 is 0. The maximum absolute atomic E-state index is 13.7. The predicted molar refractivity (Wildman–Crippen MR) is 146 cm³/mol. The number of likely N-dealkylation sites (tertiary alicyclic amines) is 1. The van der Waals surface area contributed by atoms with E-state index in [0.29, 0.717) is 36.7 Å². The number of amidine groups is 1. The van der Waals surface area contributed by atoms with Gasteiger partial charge >= 0.3 is 0 Å². The van der Waals surface area contributed by atoms with Gasteiger partial charge in [0.05, 0.1) is 17.9 Å².